The standard InChI is InChI=1S/C15H18N4O4S/c1-18-5-2-3-10(7-18)14(21)16-11-4-6-19(15(22)17-11)12-9-24-13(8-20)23-12/h2,4-7,12-13,20H,3,8-9H2,1H3,(H,16,17,21,22). The first-order chi connectivity index (χ1) is 11.6. The van der Waals surface area contributed by atoms with Gasteiger partial charge >= 0.3 is 5.69 Å². The van der Waals surface area contributed by atoms with E-state index < -0.39 is 11.9 Å². The number of aliphatic hydroxyl groups excluding tert-OH is 1. The van der Waals surface area contributed by atoms with Crippen molar-refractivity contribution in [3.8, 4) is 0 Å². The van der Waals surface area contributed by atoms with Crippen molar-refractivity contribution in [3.63, 3.8) is 0 Å². The molecule has 3 rings (SSSR count). The molecule has 2 aliphatic rings. The molecule has 2 unspecified atom stereocenters. The molecule has 0 radical (unpaired) electrons. The van der Waals surface area contributed by atoms with Crippen LogP contribution in [0.2, 0.25) is 0 Å². The number of rotatable bonds is 4. The molecule has 0 bridgehead atoms. The van der Waals surface area contributed by atoms with E-state index in [1.54, 1.807) is 17.2 Å². The van der Waals surface area contributed by atoms with E-state index in [1.807, 2.05) is 19.3 Å². The lowest BCUT2D eigenvalue weighted by atomic mass is 10.1. The second-order valence-electron chi connectivity index (χ2n) is 5.40. The zero-order chi connectivity index (χ0) is 17.1. The number of nitrogens with one attached hydrogen (secondary N) is 1. The van der Waals surface area contributed by atoms with Crippen molar-refractivity contribution in [2.75, 3.05) is 24.7 Å². The molecule has 24 heavy (non-hydrogen) atoms. The van der Waals surface area contributed by atoms with E-state index in [0.29, 0.717) is 17.7 Å². The van der Waals surface area contributed by atoms with Gasteiger partial charge in [0.1, 0.15) is 17.5 Å². The summed E-state index contributed by atoms with van der Waals surface area (Å²) in [4.78, 5) is 30.0. The van der Waals surface area contributed by atoms with Crippen molar-refractivity contribution in [2.45, 2.75) is 18.1 Å². The van der Waals surface area contributed by atoms with Crippen LogP contribution in [0.1, 0.15) is 12.6 Å². The Balaban J connectivity index is 1.69. The van der Waals surface area contributed by atoms with Crippen LogP contribution in [0.3, 0.4) is 0 Å². The summed E-state index contributed by atoms with van der Waals surface area (Å²) in [6.07, 6.45) is 7.09. The fraction of sp³-hybridized carbons (Fsp3) is 0.400. The number of carbonyl (C=O) groups excluding carboxylic acids is 1. The minimum absolute atomic E-state index is 0.102. The molecular weight excluding hydrogens is 332 g/mol. The predicted octanol–water partition coefficient (Wildman–Crippen LogP) is 0.495. The number of carbonyl (C=O) groups is 1. The van der Waals surface area contributed by atoms with Gasteiger partial charge in [-0.3, -0.25) is 9.36 Å². The minimum Gasteiger partial charge on any atom is -0.393 e. The number of ether oxygens (including phenoxy) is 1. The van der Waals surface area contributed by atoms with Gasteiger partial charge in [-0.05, 0) is 18.7 Å². The molecule has 0 aromatic carbocycles. The smallest absolute Gasteiger partial charge is 0.351 e. The molecule has 2 N–H and O–H groups in total. The van der Waals surface area contributed by atoms with E-state index in [1.165, 1.54) is 22.5 Å². The van der Waals surface area contributed by atoms with Crippen LogP contribution < -0.4 is 11.0 Å². The molecule has 8 nitrogen and oxygen atoms in total. The number of thioether (sulfide) groups is 1. The third-order valence-electron chi connectivity index (χ3n) is 3.59. The van der Waals surface area contributed by atoms with Gasteiger partial charge in [0.05, 0.1) is 6.61 Å². The van der Waals surface area contributed by atoms with Gasteiger partial charge in [0.25, 0.3) is 5.91 Å². The molecule has 2 atom stereocenters. The molecule has 1 fully saturated rings. The van der Waals surface area contributed by atoms with Crippen LogP contribution in [-0.2, 0) is 9.53 Å². The Kier molecular flexibility index (Phi) is 5.03. The zero-order valence-electron chi connectivity index (χ0n) is 13.1. The van der Waals surface area contributed by atoms with Gasteiger partial charge in [-0.15, -0.1) is 11.8 Å². The maximum absolute atomic E-state index is 12.2. The highest BCUT2D eigenvalue weighted by Crippen LogP contribution is 2.30. The lowest BCUT2D eigenvalue weighted by molar-refractivity contribution is -0.113. The summed E-state index contributed by atoms with van der Waals surface area (Å²) in [5, 5.41) is 11.7. The first-order valence-corrected chi connectivity index (χ1v) is 8.49. The minimum atomic E-state index is -0.508. The number of hydrogen-bond donors (Lipinski definition) is 2. The van der Waals surface area contributed by atoms with Crippen LogP contribution >= 0.6 is 11.8 Å². The Bertz CT molecular complexity index is 745. The SMILES string of the molecule is CN1C=CCC(C(=O)Nc2ccn(C3CSC(CO)O3)c(=O)n2)=C1. The number of amides is 1. The van der Waals surface area contributed by atoms with Crippen molar-refractivity contribution in [3.05, 3.63) is 46.8 Å². The summed E-state index contributed by atoms with van der Waals surface area (Å²) in [7, 11) is 1.83. The monoisotopic (exact) mass is 350 g/mol. The summed E-state index contributed by atoms with van der Waals surface area (Å²) in [5.74, 6) is 0.469. The van der Waals surface area contributed by atoms with Gasteiger partial charge in [-0.1, -0.05) is 6.08 Å². The third kappa shape index (κ3) is 3.69. The second-order valence-corrected chi connectivity index (χ2v) is 6.59. The van der Waals surface area contributed by atoms with E-state index in [-0.39, 0.29) is 23.8 Å². The maximum atomic E-state index is 12.2. The zero-order valence-corrected chi connectivity index (χ0v) is 13.9. The van der Waals surface area contributed by atoms with Gasteiger partial charge < -0.3 is 20.1 Å². The molecular formula is C15H18N4O4S. The summed E-state index contributed by atoms with van der Waals surface area (Å²) < 4.78 is 6.89. The molecule has 1 aromatic heterocycles. The number of allylic oxidation sites excluding steroid dienone is 1. The highest BCUT2D eigenvalue weighted by molar-refractivity contribution is 8.00. The molecule has 0 spiro atoms. The number of aliphatic hydroxyl groups is 1. The van der Waals surface area contributed by atoms with E-state index in [9.17, 15) is 9.59 Å². The van der Waals surface area contributed by atoms with Crippen molar-refractivity contribution >= 4 is 23.5 Å². The Hall–Kier alpha value is -2.10. The summed E-state index contributed by atoms with van der Waals surface area (Å²) in [6, 6.07) is 1.56. The molecule has 1 saturated heterocycles. The van der Waals surface area contributed by atoms with Gasteiger partial charge in [0.2, 0.25) is 0 Å². The number of aromatic nitrogens is 2. The van der Waals surface area contributed by atoms with E-state index in [4.69, 9.17) is 9.84 Å². The van der Waals surface area contributed by atoms with Crippen LogP contribution in [0, 0.1) is 0 Å². The first-order valence-electron chi connectivity index (χ1n) is 7.44. The lowest BCUT2D eigenvalue weighted by Gasteiger charge is -2.16. The number of nitrogens with zero attached hydrogens (tertiary/aromatic N) is 3. The highest BCUT2D eigenvalue weighted by atomic mass is 32.2. The molecule has 2 aliphatic heterocycles. The van der Waals surface area contributed by atoms with Gasteiger partial charge in [0, 0.05) is 30.8 Å². The van der Waals surface area contributed by atoms with Crippen LogP contribution in [0.4, 0.5) is 5.82 Å². The van der Waals surface area contributed by atoms with Crippen LogP contribution in [-0.4, -0.2) is 50.3 Å². The molecule has 128 valence electrons. The van der Waals surface area contributed by atoms with Crippen LogP contribution in [0.25, 0.3) is 0 Å². The van der Waals surface area contributed by atoms with Crippen LogP contribution in [0.15, 0.2) is 41.1 Å². The molecule has 3 heterocycles. The normalized spacial score (nSPS) is 23.2. The molecule has 9 heteroatoms. The average molecular weight is 350 g/mol. The fourth-order valence-electron chi connectivity index (χ4n) is 2.42. The maximum Gasteiger partial charge on any atom is 0.351 e. The fourth-order valence-corrected chi connectivity index (χ4v) is 3.35. The number of anilines is 1. The highest BCUT2D eigenvalue weighted by Gasteiger charge is 2.27. The quantitative estimate of drug-likeness (QED) is 0.816. The molecule has 0 saturated carbocycles. The second kappa shape index (κ2) is 7.20. The van der Waals surface area contributed by atoms with Gasteiger partial charge in [-0.2, -0.15) is 4.98 Å². The Morgan fingerprint density at radius 3 is 3.08 bits per heavy atom. The first kappa shape index (κ1) is 16.7. The van der Waals surface area contributed by atoms with Crippen molar-refractivity contribution in [2.24, 2.45) is 0 Å². The predicted molar refractivity (Wildman–Crippen MR) is 90.2 cm³/mol. The number of hydrogen-bond acceptors (Lipinski definition) is 7. The largest absolute Gasteiger partial charge is 0.393 e. The molecule has 1 amide bonds. The Morgan fingerprint density at radius 1 is 1.58 bits per heavy atom. The third-order valence-corrected chi connectivity index (χ3v) is 4.70. The summed E-state index contributed by atoms with van der Waals surface area (Å²) >= 11 is 1.44. The average Bonchev–Trinajstić information content (AvgIpc) is 3.04. The lowest BCUT2D eigenvalue weighted by Crippen LogP contribution is -2.29. The molecule has 0 aliphatic carbocycles. The Morgan fingerprint density at radius 2 is 2.42 bits per heavy atom. The van der Waals surface area contributed by atoms with E-state index in [2.05, 4.69) is 10.3 Å². The van der Waals surface area contributed by atoms with E-state index >= 15 is 0 Å². The van der Waals surface area contributed by atoms with E-state index in [0.717, 1.165) is 0 Å². The summed E-state index contributed by atoms with van der Waals surface area (Å²) in [5.41, 5.74) is -0.247. The van der Waals surface area contributed by atoms with Crippen molar-refractivity contribution < 1.29 is 14.6 Å². The summed E-state index contributed by atoms with van der Waals surface area (Å²) in [6.45, 7) is -0.102. The van der Waals surface area contributed by atoms with Gasteiger partial charge in [0.15, 0.2) is 0 Å². The van der Waals surface area contributed by atoms with Crippen LogP contribution in [0.5, 0.6) is 0 Å². The molecule has 1 aromatic rings. The van der Waals surface area contributed by atoms with Crippen molar-refractivity contribution in [1.29, 1.82) is 0 Å². The Labute approximate surface area is 142 Å². The van der Waals surface area contributed by atoms with Gasteiger partial charge in [-0.25, -0.2) is 4.79 Å². The topological polar surface area (TPSA) is 96.7 Å². The van der Waals surface area contributed by atoms with Crippen molar-refractivity contribution in [1.82, 2.24) is 14.5 Å².